The molecule has 1 aromatic carbocycles. The molecule has 1 fully saturated rings. The number of nitrogens with one attached hydrogen (secondary N) is 1. The van der Waals surface area contributed by atoms with Crippen LogP contribution in [0.4, 0.5) is 19.0 Å². The highest BCUT2D eigenvalue weighted by molar-refractivity contribution is 5.80. The summed E-state index contributed by atoms with van der Waals surface area (Å²) >= 11 is 0. The van der Waals surface area contributed by atoms with E-state index < -0.39 is 11.7 Å². The lowest BCUT2D eigenvalue weighted by atomic mass is 10.2. The quantitative estimate of drug-likeness (QED) is 0.730. The van der Waals surface area contributed by atoms with Gasteiger partial charge in [-0.05, 0) is 30.3 Å². The van der Waals surface area contributed by atoms with Crippen molar-refractivity contribution in [1.82, 2.24) is 19.9 Å². The molecule has 0 saturated carbocycles. The number of fused-ring (bicyclic) bond motifs is 1. The number of amides is 1. The number of carbonyl (C=O) groups excluding carboxylic acids is 1. The van der Waals surface area contributed by atoms with Crippen molar-refractivity contribution in [3.63, 3.8) is 0 Å². The van der Waals surface area contributed by atoms with Gasteiger partial charge >= 0.3 is 6.18 Å². The van der Waals surface area contributed by atoms with Gasteiger partial charge in [-0.15, -0.1) is 0 Å². The molecule has 28 heavy (non-hydrogen) atoms. The number of H-pyrrole nitrogens is 1. The van der Waals surface area contributed by atoms with Crippen LogP contribution in [-0.2, 0) is 11.0 Å². The first-order chi connectivity index (χ1) is 13.3. The molecular formula is C19H18F3N5O. The molecule has 1 aliphatic rings. The van der Waals surface area contributed by atoms with Crippen LogP contribution in [0.3, 0.4) is 0 Å². The normalized spacial score (nSPS) is 15.3. The topological polar surface area (TPSA) is 65.1 Å². The molecule has 2 aromatic heterocycles. The molecule has 1 aliphatic heterocycles. The second-order valence-corrected chi connectivity index (χ2v) is 6.71. The van der Waals surface area contributed by atoms with Gasteiger partial charge in [-0.2, -0.15) is 13.2 Å². The summed E-state index contributed by atoms with van der Waals surface area (Å²) in [6.45, 7) is 4.29. The molecule has 1 saturated heterocycles. The number of piperazine rings is 1. The van der Waals surface area contributed by atoms with Crippen molar-refractivity contribution in [2.75, 3.05) is 31.1 Å². The average Bonchev–Trinajstić information content (AvgIpc) is 3.11. The van der Waals surface area contributed by atoms with E-state index >= 15 is 0 Å². The summed E-state index contributed by atoms with van der Waals surface area (Å²) in [5.74, 6) is 1.33. The number of aromatic nitrogens is 3. The molecule has 6 nitrogen and oxygen atoms in total. The van der Waals surface area contributed by atoms with Gasteiger partial charge in [0, 0.05) is 44.9 Å². The van der Waals surface area contributed by atoms with Crippen molar-refractivity contribution < 1.29 is 18.0 Å². The first-order valence-electron chi connectivity index (χ1n) is 8.85. The molecule has 146 valence electrons. The Kier molecular flexibility index (Phi) is 4.44. The maximum atomic E-state index is 12.9. The minimum Gasteiger partial charge on any atom is -0.353 e. The number of anilines is 1. The smallest absolute Gasteiger partial charge is 0.353 e. The first-order valence-corrected chi connectivity index (χ1v) is 8.85. The van der Waals surface area contributed by atoms with E-state index in [9.17, 15) is 18.0 Å². The van der Waals surface area contributed by atoms with Crippen LogP contribution in [0.2, 0.25) is 0 Å². The van der Waals surface area contributed by atoms with Gasteiger partial charge in [0.05, 0.1) is 16.6 Å². The summed E-state index contributed by atoms with van der Waals surface area (Å²) in [4.78, 5) is 27.1. The molecule has 0 radical (unpaired) electrons. The van der Waals surface area contributed by atoms with Crippen LogP contribution >= 0.6 is 0 Å². The van der Waals surface area contributed by atoms with Gasteiger partial charge in [-0.25, -0.2) is 9.97 Å². The van der Waals surface area contributed by atoms with Crippen LogP contribution in [0.1, 0.15) is 12.5 Å². The minimum atomic E-state index is -4.39. The van der Waals surface area contributed by atoms with Crippen LogP contribution in [0.25, 0.3) is 22.4 Å². The summed E-state index contributed by atoms with van der Waals surface area (Å²) in [5.41, 5.74) is 0.769. The fourth-order valence-electron chi connectivity index (χ4n) is 3.29. The molecule has 3 aromatic rings. The standard InChI is InChI=1S/C19H18F3N5O/c1-12(28)26-6-8-27(9-7-26)17-5-2-13(11-23-17)18-24-15-4-3-14(19(20,21)22)10-16(15)25-18/h2-5,10-11H,6-9H2,1H3,(H,24,25). The van der Waals surface area contributed by atoms with Crippen LogP contribution < -0.4 is 4.90 Å². The zero-order valence-electron chi connectivity index (χ0n) is 15.1. The van der Waals surface area contributed by atoms with E-state index in [2.05, 4.69) is 19.9 Å². The first kappa shape index (κ1) is 18.3. The monoisotopic (exact) mass is 389 g/mol. The highest BCUT2D eigenvalue weighted by Gasteiger charge is 2.30. The third kappa shape index (κ3) is 3.51. The van der Waals surface area contributed by atoms with Gasteiger partial charge in [0.15, 0.2) is 0 Å². The lowest BCUT2D eigenvalue weighted by Crippen LogP contribution is -2.48. The van der Waals surface area contributed by atoms with Gasteiger partial charge in [0.1, 0.15) is 11.6 Å². The summed E-state index contributed by atoms with van der Waals surface area (Å²) in [6, 6.07) is 7.13. The Balaban J connectivity index is 1.53. The fourth-order valence-corrected chi connectivity index (χ4v) is 3.29. The molecule has 0 bridgehead atoms. The van der Waals surface area contributed by atoms with Gasteiger partial charge in [0.25, 0.3) is 0 Å². The summed E-state index contributed by atoms with van der Waals surface area (Å²) in [7, 11) is 0. The van der Waals surface area contributed by atoms with Crippen LogP contribution in [-0.4, -0.2) is 51.9 Å². The number of pyridine rings is 1. The SMILES string of the molecule is CC(=O)N1CCN(c2ccc(-c3nc4ccc(C(F)(F)F)cc4[nH]3)cn2)CC1. The van der Waals surface area contributed by atoms with Gasteiger partial charge in [-0.3, -0.25) is 4.79 Å². The molecule has 0 aliphatic carbocycles. The molecule has 3 heterocycles. The van der Waals surface area contributed by atoms with Crippen molar-refractivity contribution in [2.24, 2.45) is 0 Å². The third-order valence-corrected chi connectivity index (χ3v) is 4.88. The molecule has 9 heteroatoms. The molecular weight excluding hydrogens is 371 g/mol. The van der Waals surface area contributed by atoms with Crippen molar-refractivity contribution >= 4 is 22.8 Å². The number of halogens is 3. The molecule has 4 rings (SSSR count). The highest BCUT2D eigenvalue weighted by atomic mass is 19.4. The van der Waals surface area contributed by atoms with E-state index in [4.69, 9.17) is 0 Å². The maximum absolute atomic E-state index is 12.9. The van der Waals surface area contributed by atoms with Crippen molar-refractivity contribution in [2.45, 2.75) is 13.1 Å². The second-order valence-electron chi connectivity index (χ2n) is 6.71. The largest absolute Gasteiger partial charge is 0.416 e. The third-order valence-electron chi connectivity index (χ3n) is 4.88. The summed E-state index contributed by atoms with van der Waals surface area (Å²) < 4.78 is 38.6. The molecule has 0 unspecified atom stereocenters. The van der Waals surface area contributed by atoms with Crippen molar-refractivity contribution in [3.8, 4) is 11.4 Å². The maximum Gasteiger partial charge on any atom is 0.416 e. The Hall–Kier alpha value is -3.10. The van der Waals surface area contributed by atoms with Crippen LogP contribution in [0.15, 0.2) is 36.5 Å². The second kappa shape index (κ2) is 6.81. The Morgan fingerprint density at radius 1 is 1.11 bits per heavy atom. The van der Waals surface area contributed by atoms with Gasteiger partial charge in [-0.1, -0.05) is 0 Å². The van der Waals surface area contributed by atoms with E-state index in [0.29, 0.717) is 48.6 Å². The number of hydrogen-bond acceptors (Lipinski definition) is 4. The van der Waals surface area contributed by atoms with Gasteiger partial charge < -0.3 is 14.8 Å². The fraction of sp³-hybridized carbons (Fsp3) is 0.316. The Morgan fingerprint density at radius 2 is 1.86 bits per heavy atom. The summed E-state index contributed by atoms with van der Waals surface area (Å²) in [5, 5.41) is 0. The number of rotatable bonds is 2. The van der Waals surface area contributed by atoms with E-state index in [0.717, 1.165) is 18.0 Å². The molecule has 1 N–H and O–H groups in total. The number of aromatic amines is 1. The zero-order chi connectivity index (χ0) is 19.9. The predicted molar refractivity (Wildman–Crippen MR) is 98.8 cm³/mol. The van der Waals surface area contributed by atoms with E-state index in [1.54, 1.807) is 18.0 Å². The number of alkyl halides is 3. The molecule has 1 amide bonds. The van der Waals surface area contributed by atoms with Crippen molar-refractivity contribution in [3.05, 3.63) is 42.1 Å². The van der Waals surface area contributed by atoms with E-state index in [1.165, 1.54) is 6.07 Å². The average molecular weight is 389 g/mol. The van der Waals surface area contributed by atoms with Gasteiger partial charge in [0.2, 0.25) is 5.91 Å². The zero-order valence-corrected chi connectivity index (χ0v) is 15.1. The Labute approximate surface area is 159 Å². The minimum absolute atomic E-state index is 0.0709. The number of benzene rings is 1. The number of hydrogen-bond donors (Lipinski definition) is 1. The number of nitrogens with zero attached hydrogens (tertiary/aromatic N) is 4. The number of carbonyl (C=O) groups is 1. The van der Waals surface area contributed by atoms with Crippen LogP contribution in [0, 0.1) is 0 Å². The molecule has 0 spiro atoms. The Morgan fingerprint density at radius 3 is 2.46 bits per heavy atom. The summed E-state index contributed by atoms with van der Waals surface area (Å²) in [6.07, 6.45) is -2.75. The Bertz CT molecular complexity index is 1000. The highest BCUT2D eigenvalue weighted by Crippen LogP contribution is 2.31. The van der Waals surface area contributed by atoms with E-state index in [1.807, 2.05) is 12.1 Å². The lowest BCUT2D eigenvalue weighted by Gasteiger charge is -2.34. The molecule has 0 atom stereocenters. The predicted octanol–water partition coefficient (Wildman–Crippen LogP) is 3.31. The lowest BCUT2D eigenvalue weighted by molar-refractivity contribution is -0.137. The van der Waals surface area contributed by atoms with Crippen molar-refractivity contribution in [1.29, 1.82) is 0 Å². The van der Waals surface area contributed by atoms with E-state index in [-0.39, 0.29) is 5.91 Å². The van der Waals surface area contributed by atoms with Crippen LogP contribution in [0.5, 0.6) is 0 Å². The number of imidazole rings is 1.